The van der Waals surface area contributed by atoms with E-state index >= 15 is 0 Å². The number of carbonyl (C=O) groups excluding carboxylic acids is 2. The highest BCUT2D eigenvalue weighted by Crippen LogP contribution is 2.27. The zero-order valence-corrected chi connectivity index (χ0v) is 16.4. The summed E-state index contributed by atoms with van der Waals surface area (Å²) in [5.74, 6) is 0.537. The molecular weight excluding hydrogens is 376 g/mol. The largest absolute Gasteiger partial charge is 0.494 e. The zero-order chi connectivity index (χ0) is 19.9. The summed E-state index contributed by atoms with van der Waals surface area (Å²) in [5, 5.41) is 5.18. The summed E-state index contributed by atoms with van der Waals surface area (Å²) in [6.07, 6.45) is 0.962. The van der Waals surface area contributed by atoms with Crippen molar-refractivity contribution in [1.82, 2.24) is 4.98 Å². The van der Waals surface area contributed by atoms with E-state index < -0.39 is 5.97 Å². The summed E-state index contributed by atoms with van der Waals surface area (Å²) in [4.78, 5) is 27.8. The van der Waals surface area contributed by atoms with Crippen molar-refractivity contribution in [3.05, 3.63) is 59.5 Å². The first-order chi connectivity index (χ1) is 13.5. The molecule has 28 heavy (non-hydrogen) atoms. The predicted molar refractivity (Wildman–Crippen MR) is 109 cm³/mol. The van der Waals surface area contributed by atoms with Crippen LogP contribution in [0.4, 0.5) is 5.13 Å². The molecule has 0 saturated carbocycles. The highest BCUT2D eigenvalue weighted by Gasteiger charge is 2.11. The molecule has 0 radical (unpaired) electrons. The number of rotatable bonds is 7. The lowest BCUT2D eigenvalue weighted by molar-refractivity contribution is -0.131. The molecule has 7 heteroatoms. The summed E-state index contributed by atoms with van der Waals surface area (Å²) < 4.78 is 10.5. The molecule has 6 nitrogen and oxygen atoms in total. The lowest BCUT2D eigenvalue weighted by Crippen LogP contribution is -2.11. The van der Waals surface area contributed by atoms with E-state index in [1.54, 1.807) is 24.3 Å². The molecule has 0 aliphatic heterocycles. The maximum absolute atomic E-state index is 12.4. The van der Waals surface area contributed by atoms with Crippen LogP contribution >= 0.6 is 11.3 Å². The number of hydrogen-bond acceptors (Lipinski definition) is 6. The van der Waals surface area contributed by atoms with E-state index in [0.29, 0.717) is 23.1 Å². The molecule has 0 spiro atoms. The van der Waals surface area contributed by atoms with Gasteiger partial charge in [0.15, 0.2) is 5.13 Å². The predicted octanol–water partition coefficient (Wildman–Crippen LogP) is 4.78. The molecule has 1 aromatic heterocycles. The van der Waals surface area contributed by atoms with Crippen molar-refractivity contribution in [3.8, 4) is 22.8 Å². The summed E-state index contributed by atoms with van der Waals surface area (Å²) in [5.41, 5.74) is 2.18. The van der Waals surface area contributed by atoms with E-state index in [2.05, 4.69) is 17.2 Å². The fourth-order valence-electron chi connectivity index (χ4n) is 2.42. The van der Waals surface area contributed by atoms with Crippen LogP contribution in [-0.2, 0) is 4.79 Å². The van der Waals surface area contributed by atoms with Crippen LogP contribution in [0.2, 0.25) is 0 Å². The summed E-state index contributed by atoms with van der Waals surface area (Å²) in [7, 11) is 0. The number of anilines is 1. The van der Waals surface area contributed by atoms with Gasteiger partial charge in [-0.2, -0.15) is 0 Å². The van der Waals surface area contributed by atoms with E-state index in [0.717, 1.165) is 23.4 Å². The number of carbonyl (C=O) groups is 2. The van der Waals surface area contributed by atoms with Gasteiger partial charge in [0.2, 0.25) is 0 Å². The summed E-state index contributed by atoms with van der Waals surface area (Å²) >= 11 is 1.35. The van der Waals surface area contributed by atoms with Crippen molar-refractivity contribution in [1.29, 1.82) is 0 Å². The van der Waals surface area contributed by atoms with E-state index in [1.807, 2.05) is 29.6 Å². The van der Waals surface area contributed by atoms with Gasteiger partial charge >= 0.3 is 5.97 Å². The lowest BCUT2D eigenvalue weighted by Gasteiger charge is -2.05. The van der Waals surface area contributed by atoms with Crippen LogP contribution in [0.15, 0.2) is 53.9 Å². The number of esters is 1. The van der Waals surface area contributed by atoms with Crippen LogP contribution in [0.25, 0.3) is 11.3 Å². The van der Waals surface area contributed by atoms with Crippen LogP contribution in [0.1, 0.15) is 30.6 Å². The van der Waals surface area contributed by atoms with Gasteiger partial charge in [-0.25, -0.2) is 4.98 Å². The molecule has 1 amide bonds. The Balaban J connectivity index is 1.63. The molecule has 0 unspecified atom stereocenters. The average molecular weight is 396 g/mol. The zero-order valence-electron chi connectivity index (χ0n) is 15.6. The maximum Gasteiger partial charge on any atom is 0.308 e. The van der Waals surface area contributed by atoms with Gasteiger partial charge < -0.3 is 9.47 Å². The van der Waals surface area contributed by atoms with Crippen molar-refractivity contribution in [2.45, 2.75) is 20.3 Å². The molecule has 0 aliphatic carbocycles. The third kappa shape index (κ3) is 5.17. The number of amides is 1. The molecule has 144 valence electrons. The minimum Gasteiger partial charge on any atom is -0.494 e. The molecule has 2 aromatic carbocycles. The molecule has 1 heterocycles. The van der Waals surface area contributed by atoms with Crippen LogP contribution in [0.5, 0.6) is 11.5 Å². The van der Waals surface area contributed by atoms with Gasteiger partial charge in [-0.1, -0.05) is 6.92 Å². The van der Waals surface area contributed by atoms with Gasteiger partial charge in [0.1, 0.15) is 11.5 Å². The number of nitrogens with zero attached hydrogens (tertiary/aromatic N) is 1. The molecule has 1 N–H and O–H groups in total. The number of nitrogens with one attached hydrogen (secondary N) is 1. The molecule has 0 bridgehead atoms. The van der Waals surface area contributed by atoms with Gasteiger partial charge in [-0.3, -0.25) is 14.9 Å². The van der Waals surface area contributed by atoms with Crippen LogP contribution in [0.3, 0.4) is 0 Å². The Hall–Kier alpha value is -3.19. The van der Waals surface area contributed by atoms with Gasteiger partial charge in [0, 0.05) is 23.4 Å². The second-order valence-electron chi connectivity index (χ2n) is 5.98. The number of hydrogen-bond donors (Lipinski definition) is 1. The van der Waals surface area contributed by atoms with Crippen molar-refractivity contribution < 1.29 is 19.1 Å². The van der Waals surface area contributed by atoms with Crippen molar-refractivity contribution in [3.63, 3.8) is 0 Å². The second kappa shape index (κ2) is 9.14. The van der Waals surface area contributed by atoms with Crippen molar-refractivity contribution in [2.75, 3.05) is 11.9 Å². The minimum absolute atomic E-state index is 0.279. The highest BCUT2D eigenvalue weighted by molar-refractivity contribution is 7.14. The first-order valence-corrected chi connectivity index (χ1v) is 9.71. The average Bonchev–Trinajstić information content (AvgIpc) is 3.15. The van der Waals surface area contributed by atoms with Crippen molar-refractivity contribution in [2.24, 2.45) is 0 Å². The first kappa shape index (κ1) is 19.6. The van der Waals surface area contributed by atoms with Gasteiger partial charge in [0.25, 0.3) is 5.91 Å². The third-order valence-electron chi connectivity index (χ3n) is 3.73. The highest BCUT2D eigenvalue weighted by atomic mass is 32.1. The Labute approximate surface area is 167 Å². The summed E-state index contributed by atoms with van der Waals surface area (Å²) in [6, 6.07) is 14.0. The molecule has 0 atom stereocenters. The molecule has 0 saturated heterocycles. The Morgan fingerprint density at radius 2 is 1.71 bits per heavy atom. The first-order valence-electron chi connectivity index (χ1n) is 8.83. The molecular formula is C21H20N2O4S. The SMILES string of the molecule is CCCOc1ccc(-c2csc(NC(=O)c3ccc(OC(C)=O)cc3)n2)cc1. The van der Waals surface area contributed by atoms with Crippen LogP contribution in [-0.4, -0.2) is 23.5 Å². The second-order valence-corrected chi connectivity index (χ2v) is 6.84. The number of ether oxygens (including phenoxy) is 2. The Kier molecular flexibility index (Phi) is 6.39. The Morgan fingerprint density at radius 1 is 1.04 bits per heavy atom. The van der Waals surface area contributed by atoms with E-state index in [1.165, 1.54) is 18.3 Å². The number of aromatic nitrogens is 1. The van der Waals surface area contributed by atoms with Crippen molar-refractivity contribution >= 4 is 28.3 Å². The fraction of sp³-hybridized carbons (Fsp3) is 0.190. The number of thiazole rings is 1. The monoisotopic (exact) mass is 396 g/mol. The van der Waals surface area contributed by atoms with Crippen LogP contribution < -0.4 is 14.8 Å². The van der Waals surface area contributed by atoms with E-state index in [9.17, 15) is 9.59 Å². The normalized spacial score (nSPS) is 10.4. The number of benzene rings is 2. The molecule has 0 aliphatic rings. The van der Waals surface area contributed by atoms with E-state index in [-0.39, 0.29) is 5.91 Å². The standard InChI is InChI=1S/C21H20N2O4S/c1-3-12-26-17-8-4-15(5-9-17)19-13-28-21(22-19)23-20(25)16-6-10-18(11-7-16)27-14(2)24/h4-11,13H,3,12H2,1-2H3,(H,22,23,25). The summed E-state index contributed by atoms with van der Waals surface area (Å²) in [6.45, 7) is 4.08. The van der Waals surface area contributed by atoms with Gasteiger partial charge in [0.05, 0.1) is 12.3 Å². The van der Waals surface area contributed by atoms with E-state index in [4.69, 9.17) is 9.47 Å². The van der Waals surface area contributed by atoms with Crippen LogP contribution in [0, 0.1) is 0 Å². The smallest absolute Gasteiger partial charge is 0.308 e. The molecule has 0 fully saturated rings. The molecule has 3 rings (SSSR count). The Bertz CT molecular complexity index is 949. The van der Waals surface area contributed by atoms with Gasteiger partial charge in [-0.15, -0.1) is 11.3 Å². The third-order valence-corrected chi connectivity index (χ3v) is 4.48. The lowest BCUT2D eigenvalue weighted by atomic mass is 10.2. The minimum atomic E-state index is -0.405. The van der Waals surface area contributed by atoms with Gasteiger partial charge in [-0.05, 0) is 55.0 Å². The topological polar surface area (TPSA) is 77.5 Å². The fourth-order valence-corrected chi connectivity index (χ4v) is 3.13. The Morgan fingerprint density at radius 3 is 2.36 bits per heavy atom. The molecule has 3 aromatic rings. The quantitative estimate of drug-likeness (QED) is 0.459. The maximum atomic E-state index is 12.4.